The zero-order chi connectivity index (χ0) is 13.5. The van der Waals surface area contributed by atoms with Crippen molar-refractivity contribution in [2.45, 2.75) is 76.7 Å². The molecule has 0 aromatic carbocycles. The highest BCUT2D eigenvalue weighted by Gasteiger charge is 2.36. The largest absolute Gasteiger partial charge is 0.481 e. The van der Waals surface area contributed by atoms with E-state index in [0.717, 1.165) is 13.1 Å². The van der Waals surface area contributed by atoms with Crippen LogP contribution in [0.3, 0.4) is 0 Å². The first-order valence-corrected chi connectivity index (χ1v) is 8.24. The summed E-state index contributed by atoms with van der Waals surface area (Å²) in [7, 11) is 0. The smallest absolute Gasteiger partial charge is 0.309 e. The van der Waals surface area contributed by atoms with Gasteiger partial charge >= 0.3 is 5.97 Å². The number of carboxylic acid groups (broad SMARTS) is 1. The molecule has 1 N–H and O–H groups in total. The first-order chi connectivity index (χ1) is 9.27. The van der Waals surface area contributed by atoms with Crippen LogP contribution in [-0.4, -0.2) is 35.1 Å². The van der Waals surface area contributed by atoms with Crippen molar-refractivity contribution < 1.29 is 9.90 Å². The van der Waals surface area contributed by atoms with E-state index in [1.54, 1.807) is 0 Å². The van der Waals surface area contributed by atoms with Crippen LogP contribution < -0.4 is 0 Å². The van der Waals surface area contributed by atoms with Gasteiger partial charge in [0.15, 0.2) is 0 Å². The molecule has 1 aliphatic heterocycles. The average molecular weight is 267 g/mol. The minimum Gasteiger partial charge on any atom is -0.481 e. The van der Waals surface area contributed by atoms with Crippen molar-refractivity contribution in [3.8, 4) is 0 Å². The lowest BCUT2D eigenvalue weighted by Crippen LogP contribution is -2.54. The van der Waals surface area contributed by atoms with Crippen molar-refractivity contribution in [2.75, 3.05) is 13.1 Å². The Morgan fingerprint density at radius 3 is 1.63 bits per heavy atom. The summed E-state index contributed by atoms with van der Waals surface area (Å²) in [6, 6.07) is 0.662. The van der Waals surface area contributed by atoms with E-state index in [2.05, 4.69) is 4.90 Å². The van der Waals surface area contributed by atoms with Gasteiger partial charge < -0.3 is 5.11 Å². The van der Waals surface area contributed by atoms with E-state index in [9.17, 15) is 4.79 Å². The van der Waals surface area contributed by atoms with Crippen LogP contribution in [0.15, 0.2) is 0 Å². The van der Waals surface area contributed by atoms with Gasteiger partial charge in [0.25, 0.3) is 0 Å². The Bertz CT molecular complexity index is 262. The molecule has 0 unspecified atom stereocenters. The maximum atomic E-state index is 10.9. The number of nitrogens with zero attached hydrogens (tertiary/aromatic N) is 1. The fourth-order valence-corrected chi connectivity index (χ4v) is 3.47. The van der Waals surface area contributed by atoms with Crippen molar-refractivity contribution in [1.29, 1.82) is 0 Å². The monoisotopic (exact) mass is 267 g/mol. The maximum absolute atomic E-state index is 10.9. The second-order valence-electron chi connectivity index (χ2n) is 6.40. The van der Waals surface area contributed by atoms with Gasteiger partial charge in [-0.05, 0) is 12.8 Å². The second kappa shape index (κ2) is 7.88. The number of carboxylic acids is 1. The highest BCUT2D eigenvalue weighted by molar-refractivity contribution is 5.71. The zero-order valence-corrected chi connectivity index (χ0v) is 12.1. The van der Waals surface area contributed by atoms with Crippen LogP contribution in [-0.2, 0) is 4.79 Å². The Balaban J connectivity index is 1.74. The summed E-state index contributed by atoms with van der Waals surface area (Å²) in [6.07, 6.45) is 15.0. The molecule has 2 rings (SSSR count). The molecule has 1 heterocycles. The highest BCUT2D eigenvalue weighted by Crippen LogP contribution is 2.26. The van der Waals surface area contributed by atoms with E-state index >= 15 is 0 Å². The fraction of sp³-hybridized carbons (Fsp3) is 0.938. The first kappa shape index (κ1) is 14.8. The highest BCUT2D eigenvalue weighted by atomic mass is 16.4. The van der Waals surface area contributed by atoms with Gasteiger partial charge in [0.1, 0.15) is 0 Å². The molecule has 0 atom stereocenters. The Morgan fingerprint density at radius 1 is 0.789 bits per heavy atom. The molecule has 0 radical (unpaired) electrons. The molecule has 1 aliphatic carbocycles. The molecule has 0 aromatic rings. The lowest BCUT2D eigenvalue weighted by atomic mass is 9.91. The molecule has 0 aromatic heterocycles. The van der Waals surface area contributed by atoms with Gasteiger partial charge in [-0.25, -0.2) is 0 Å². The van der Waals surface area contributed by atoms with Gasteiger partial charge in [0.05, 0.1) is 5.92 Å². The lowest BCUT2D eigenvalue weighted by Gasteiger charge is -2.43. The van der Waals surface area contributed by atoms with Gasteiger partial charge in [0.2, 0.25) is 0 Å². The summed E-state index contributed by atoms with van der Waals surface area (Å²) in [6.45, 7) is 1.58. The van der Waals surface area contributed by atoms with Crippen LogP contribution in [0.1, 0.15) is 70.6 Å². The summed E-state index contributed by atoms with van der Waals surface area (Å²) in [5.41, 5.74) is 0. The lowest BCUT2D eigenvalue weighted by molar-refractivity contribution is -0.148. The Hall–Kier alpha value is -0.570. The minimum absolute atomic E-state index is 0.0959. The van der Waals surface area contributed by atoms with Crippen LogP contribution in [0.5, 0.6) is 0 Å². The van der Waals surface area contributed by atoms with E-state index in [0.29, 0.717) is 6.04 Å². The third kappa shape index (κ3) is 4.79. The summed E-state index contributed by atoms with van der Waals surface area (Å²) in [5.74, 6) is -0.703. The fourth-order valence-electron chi connectivity index (χ4n) is 3.47. The number of aliphatic carboxylic acids is 1. The van der Waals surface area contributed by atoms with Crippen molar-refractivity contribution in [2.24, 2.45) is 5.92 Å². The van der Waals surface area contributed by atoms with Crippen molar-refractivity contribution >= 4 is 5.97 Å². The Labute approximate surface area is 117 Å². The van der Waals surface area contributed by atoms with E-state index in [4.69, 9.17) is 5.11 Å². The number of likely N-dealkylation sites (tertiary alicyclic amines) is 1. The van der Waals surface area contributed by atoms with E-state index in [1.807, 2.05) is 0 Å². The van der Waals surface area contributed by atoms with Gasteiger partial charge in [-0.15, -0.1) is 0 Å². The predicted molar refractivity (Wildman–Crippen MR) is 77.3 cm³/mol. The maximum Gasteiger partial charge on any atom is 0.309 e. The molecule has 110 valence electrons. The summed E-state index contributed by atoms with van der Waals surface area (Å²) >= 11 is 0. The molecular weight excluding hydrogens is 238 g/mol. The van der Waals surface area contributed by atoms with Gasteiger partial charge in [-0.3, -0.25) is 9.69 Å². The van der Waals surface area contributed by atoms with E-state index < -0.39 is 5.97 Å². The number of hydrogen-bond donors (Lipinski definition) is 1. The van der Waals surface area contributed by atoms with Crippen LogP contribution in [0.4, 0.5) is 0 Å². The minimum atomic E-state index is -0.607. The van der Waals surface area contributed by atoms with Gasteiger partial charge in [0, 0.05) is 19.1 Å². The molecule has 0 bridgehead atoms. The van der Waals surface area contributed by atoms with E-state index in [-0.39, 0.29) is 5.92 Å². The standard InChI is InChI=1S/C16H29NO2/c18-16(19)14-12-17(13-14)15-10-8-6-4-2-1-3-5-7-9-11-15/h14-15H,1-13H2,(H,18,19). The first-order valence-electron chi connectivity index (χ1n) is 8.24. The van der Waals surface area contributed by atoms with E-state index in [1.165, 1.54) is 70.6 Å². The molecule has 3 heteroatoms. The predicted octanol–water partition coefficient (Wildman–Crippen LogP) is 3.68. The quantitative estimate of drug-likeness (QED) is 0.829. The zero-order valence-electron chi connectivity index (χ0n) is 12.1. The van der Waals surface area contributed by atoms with Gasteiger partial charge in [-0.2, -0.15) is 0 Å². The van der Waals surface area contributed by atoms with Gasteiger partial charge in [-0.1, -0.05) is 57.8 Å². The van der Waals surface area contributed by atoms with Crippen LogP contribution in [0.2, 0.25) is 0 Å². The van der Waals surface area contributed by atoms with Crippen LogP contribution in [0.25, 0.3) is 0 Å². The van der Waals surface area contributed by atoms with Crippen LogP contribution in [0, 0.1) is 5.92 Å². The summed E-state index contributed by atoms with van der Waals surface area (Å²) in [4.78, 5) is 13.3. The Kier molecular flexibility index (Phi) is 6.15. The SMILES string of the molecule is O=C(O)C1CN(C2CCCCCCCCCCC2)C1. The van der Waals surface area contributed by atoms with Crippen molar-refractivity contribution in [1.82, 2.24) is 4.90 Å². The molecular formula is C16H29NO2. The normalized spacial score (nSPS) is 26.1. The summed E-state index contributed by atoms with van der Waals surface area (Å²) in [5, 5.41) is 8.97. The Morgan fingerprint density at radius 2 is 1.21 bits per heavy atom. The number of carbonyl (C=O) groups is 1. The second-order valence-corrected chi connectivity index (χ2v) is 6.40. The molecule has 0 spiro atoms. The molecule has 2 aliphatic rings. The molecule has 1 saturated heterocycles. The van der Waals surface area contributed by atoms with Crippen molar-refractivity contribution in [3.05, 3.63) is 0 Å². The van der Waals surface area contributed by atoms with Crippen LogP contribution >= 0.6 is 0 Å². The number of hydrogen-bond acceptors (Lipinski definition) is 2. The third-order valence-electron chi connectivity index (χ3n) is 4.85. The van der Waals surface area contributed by atoms with Crippen molar-refractivity contribution in [3.63, 3.8) is 0 Å². The summed E-state index contributed by atoms with van der Waals surface area (Å²) < 4.78 is 0. The molecule has 3 nitrogen and oxygen atoms in total. The number of rotatable bonds is 2. The average Bonchev–Trinajstić information content (AvgIpc) is 2.29. The molecule has 19 heavy (non-hydrogen) atoms. The third-order valence-corrected chi connectivity index (χ3v) is 4.85. The molecule has 0 amide bonds. The topological polar surface area (TPSA) is 40.5 Å². The molecule has 1 saturated carbocycles. The molecule has 2 fully saturated rings.